The second-order valence-electron chi connectivity index (χ2n) is 4.31. The third kappa shape index (κ3) is 3.32. The molecule has 0 atom stereocenters. The molecule has 0 aliphatic carbocycles. The van der Waals surface area contributed by atoms with E-state index < -0.39 is 10.8 Å². The molecule has 2 aromatic carbocycles. The van der Waals surface area contributed by atoms with E-state index in [0.29, 0.717) is 5.56 Å². The van der Waals surface area contributed by atoms with Crippen LogP contribution in [-0.2, 0) is 0 Å². The van der Waals surface area contributed by atoms with Crippen molar-refractivity contribution >= 4 is 40.5 Å². The van der Waals surface area contributed by atoms with E-state index >= 15 is 0 Å². The van der Waals surface area contributed by atoms with E-state index in [2.05, 4.69) is 5.32 Å². The third-order valence-electron chi connectivity index (χ3n) is 2.87. The van der Waals surface area contributed by atoms with Gasteiger partial charge in [0.1, 0.15) is 0 Å². The van der Waals surface area contributed by atoms with Gasteiger partial charge in [0.25, 0.3) is 11.6 Å². The summed E-state index contributed by atoms with van der Waals surface area (Å²) in [5.74, 6) is -0.520. The zero-order chi connectivity index (χ0) is 15.6. The number of nitro benzene ring substituents is 1. The van der Waals surface area contributed by atoms with E-state index in [-0.39, 0.29) is 27.0 Å². The summed E-state index contributed by atoms with van der Waals surface area (Å²) < 4.78 is 0. The molecule has 0 saturated heterocycles. The van der Waals surface area contributed by atoms with E-state index in [0.717, 1.165) is 0 Å². The van der Waals surface area contributed by atoms with Crippen LogP contribution >= 0.6 is 23.2 Å². The van der Waals surface area contributed by atoms with Crippen molar-refractivity contribution in [2.24, 2.45) is 0 Å². The number of rotatable bonds is 3. The highest BCUT2D eigenvalue weighted by Gasteiger charge is 2.16. The summed E-state index contributed by atoms with van der Waals surface area (Å²) in [5.41, 5.74) is 0.789. The predicted molar refractivity (Wildman–Crippen MR) is 82.2 cm³/mol. The Morgan fingerprint density at radius 3 is 2.38 bits per heavy atom. The summed E-state index contributed by atoms with van der Waals surface area (Å²) in [7, 11) is 0. The molecule has 0 unspecified atom stereocenters. The molecule has 108 valence electrons. The van der Waals surface area contributed by atoms with Crippen LogP contribution in [-0.4, -0.2) is 10.8 Å². The highest BCUT2D eigenvalue weighted by atomic mass is 35.5. The van der Waals surface area contributed by atoms with Crippen LogP contribution in [0.3, 0.4) is 0 Å². The Morgan fingerprint density at radius 1 is 1.19 bits per heavy atom. The molecule has 0 aliphatic rings. The lowest BCUT2D eigenvalue weighted by Crippen LogP contribution is -2.13. The Labute approximate surface area is 130 Å². The first-order valence-corrected chi connectivity index (χ1v) is 6.66. The molecular weight excluding hydrogens is 315 g/mol. The van der Waals surface area contributed by atoms with Crippen molar-refractivity contribution in [3.05, 3.63) is 67.7 Å². The van der Waals surface area contributed by atoms with E-state index in [9.17, 15) is 14.9 Å². The fourth-order valence-electron chi connectivity index (χ4n) is 1.75. The molecule has 0 spiro atoms. The number of hydrogen-bond acceptors (Lipinski definition) is 3. The van der Waals surface area contributed by atoms with Crippen molar-refractivity contribution < 1.29 is 9.72 Å². The maximum atomic E-state index is 12.2. The van der Waals surface area contributed by atoms with Crippen molar-refractivity contribution in [3.63, 3.8) is 0 Å². The number of nitrogens with one attached hydrogen (secondary N) is 1. The zero-order valence-corrected chi connectivity index (χ0v) is 12.4. The number of aryl methyl sites for hydroxylation is 1. The monoisotopic (exact) mass is 324 g/mol. The highest BCUT2D eigenvalue weighted by molar-refractivity contribution is 6.40. The fraction of sp³-hybridized carbons (Fsp3) is 0.0714. The van der Waals surface area contributed by atoms with Crippen LogP contribution in [0.15, 0.2) is 36.4 Å². The minimum atomic E-state index is -0.533. The number of nitrogens with zero attached hydrogens (tertiary/aromatic N) is 1. The Kier molecular flexibility index (Phi) is 4.45. The van der Waals surface area contributed by atoms with Gasteiger partial charge in [0.05, 0.1) is 20.7 Å². The molecule has 2 rings (SSSR count). The van der Waals surface area contributed by atoms with E-state index in [1.807, 2.05) is 0 Å². The van der Waals surface area contributed by atoms with Gasteiger partial charge in [-0.3, -0.25) is 14.9 Å². The van der Waals surface area contributed by atoms with Gasteiger partial charge in [-0.05, 0) is 25.1 Å². The van der Waals surface area contributed by atoms with Crippen LogP contribution in [0.1, 0.15) is 15.9 Å². The predicted octanol–water partition coefficient (Wildman–Crippen LogP) is 4.46. The quantitative estimate of drug-likeness (QED) is 0.669. The van der Waals surface area contributed by atoms with Crippen molar-refractivity contribution in [3.8, 4) is 0 Å². The van der Waals surface area contributed by atoms with Gasteiger partial charge >= 0.3 is 0 Å². The number of hydrogen-bond donors (Lipinski definition) is 1. The van der Waals surface area contributed by atoms with Gasteiger partial charge < -0.3 is 5.32 Å². The largest absolute Gasteiger partial charge is 0.319 e. The lowest BCUT2D eigenvalue weighted by atomic mass is 10.1. The summed E-state index contributed by atoms with van der Waals surface area (Å²) in [6.07, 6.45) is 0. The molecule has 0 heterocycles. The van der Waals surface area contributed by atoms with Crippen molar-refractivity contribution in [2.75, 3.05) is 5.32 Å². The van der Waals surface area contributed by atoms with Gasteiger partial charge in [-0.25, -0.2) is 0 Å². The van der Waals surface area contributed by atoms with Crippen molar-refractivity contribution in [1.82, 2.24) is 0 Å². The summed E-state index contributed by atoms with van der Waals surface area (Å²) in [4.78, 5) is 22.5. The van der Waals surface area contributed by atoms with Gasteiger partial charge in [-0.15, -0.1) is 0 Å². The van der Waals surface area contributed by atoms with Crippen molar-refractivity contribution in [1.29, 1.82) is 0 Å². The Bertz CT molecular complexity index is 712. The summed E-state index contributed by atoms with van der Waals surface area (Å²) in [5, 5.41) is 14.0. The second kappa shape index (κ2) is 6.11. The van der Waals surface area contributed by atoms with Crippen molar-refractivity contribution in [2.45, 2.75) is 6.92 Å². The highest BCUT2D eigenvalue weighted by Crippen LogP contribution is 2.30. The summed E-state index contributed by atoms with van der Waals surface area (Å²) in [6.45, 7) is 1.60. The zero-order valence-electron chi connectivity index (χ0n) is 10.9. The number of anilines is 1. The van der Waals surface area contributed by atoms with Crippen LogP contribution in [0.5, 0.6) is 0 Å². The van der Waals surface area contributed by atoms with Crippen LogP contribution in [0.2, 0.25) is 10.0 Å². The normalized spacial score (nSPS) is 10.2. The Hall–Kier alpha value is -2.11. The van der Waals surface area contributed by atoms with Gasteiger partial charge in [0.2, 0.25) is 0 Å². The molecule has 0 saturated carbocycles. The first-order valence-electron chi connectivity index (χ1n) is 5.90. The smallest absolute Gasteiger partial charge is 0.273 e. The van der Waals surface area contributed by atoms with Gasteiger partial charge in [-0.2, -0.15) is 0 Å². The maximum absolute atomic E-state index is 12.2. The Morgan fingerprint density at radius 2 is 1.81 bits per heavy atom. The van der Waals surface area contributed by atoms with Crippen LogP contribution in [0.25, 0.3) is 0 Å². The van der Waals surface area contributed by atoms with Crippen LogP contribution in [0.4, 0.5) is 11.4 Å². The maximum Gasteiger partial charge on any atom is 0.273 e. The average Bonchev–Trinajstić information content (AvgIpc) is 2.43. The average molecular weight is 325 g/mol. The number of nitro groups is 1. The molecule has 5 nitrogen and oxygen atoms in total. The number of carbonyl (C=O) groups is 1. The molecule has 0 fully saturated rings. The topological polar surface area (TPSA) is 72.2 Å². The van der Waals surface area contributed by atoms with Gasteiger partial charge in [0, 0.05) is 17.2 Å². The second-order valence-corrected chi connectivity index (χ2v) is 5.12. The molecule has 1 amide bonds. The number of carbonyl (C=O) groups excluding carboxylic acids is 1. The summed E-state index contributed by atoms with van der Waals surface area (Å²) >= 11 is 11.9. The first kappa shape index (κ1) is 15.3. The summed E-state index contributed by atoms with van der Waals surface area (Å²) in [6, 6.07) is 9.05. The molecular formula is C14H10Cl2N2O3. The molecule has 0 aromatic heterocycles. The van der Waals surface area contributed by atoms with Gasteiger partial charge in [-0.1, -0.05) is 35.3 Å². The first-order chi connectivity index (χ1) is 9.90. The minimum Gasteiger partial charge on any atom is -0.319 e. The van der Waals surface area contributed by atoms with Crippen LogP contribution < -0.4 is 5.32 Å². The molecule has 2 aromatic rings. The molecule has 0 radical (unpaired) electrons. The molecule has 21 heavy (non-hydrogen) atoms. The number of para-hydroxylation sites is 1. The SMILES string of the molecule is Cc1ccc(C(=O)Nc2c(Cl)cccc2Cl)cc1[N+](=O)[O-]. The van der Waals surface area contributed by atoms with Gasteiger partial charge in [0.15, 0.2) is 0 Å². The van der Waals surface area contributed by atoms with E-state index in [1.54, 1.807) is 25.1 Å². The Balaban J connectivity index is 2.33. The van der Waals surface area contributed by atoms with E-state index in [4.69, 9.17) is 23.2 Å². The molecule has 0 bridgehead atoms. The third-order valence-corrected chi connectivity index (χ3v) is 3.50. The van der Waals surface area contributed by atoms with Crippen LogP contribution in [0, 0.1) is 17.0 Å². The molecule has 1 N–H and O–H groups in total. The number of benzene rings is 2. The standard InChI is InChI=1S/C14H10Cl2N2O3/c1-8-5-6-9(7-12(8)18(20)21)14(19)17-13-10(15)3-2-4-11(13)16/h2-7H,1H3,(H,17,19). The fourth-order valence-corrected chi connectivity index (χ4v) is 2.24. The number of halogens is 2. The molecule has 7 heteroatoms. The van der Waals surface area contributed by atoms with E-state index in [1.165, 1.54) is 18.2 Å². The lowest BCUT2D eigenvalue weighted by Gasteiger charge is -2.09. The number of amides is 1. The minimum absolute atomic E-state index is 0.118. The molecule has 0 aliphatic heterocycles. The lowest BCUT2D eigenvalue weighted by molar-refractivity contribution is -0.385.